The number of hydrogen-bond acceptors (Lipinski definition) is 5. The number of nitrogens with zero attached hydrogens (tertiary/aromatic N) is 3. The largest absolute Gasteiger partial charge is 0.467 e. The molecule has 1 aliphatic rings. The number of aromatic nitrogens is 2. The summed E-state index contributed by atoms with van der Waals surface area (Å²) in [4.78, 5) is 11.0. The summed E-state index contributed by atoms with van der Waals surface area (Å²) in [6.07, 6.45) is 5.20. The maximum absolute atomic E-state index is 6.16. The third-order valence-corrected chi connectivity index (χ3v) is 4.45. The zero-order chi connectivity index (χ0) is 16.9. The molecule has 2 N–H and O–H groups in total. The molecule has 1 fully saturated rings. The Kier molecular flexibility index (Phi) is 5.52. The molecular weight excluding hydrogens is 346 g/mol. The summed E-state index contributed by atoms with van der Waals surface area (Å²) in [5, 5.41) is 6.86. The van der Waals surface area contributed by atoms with Gasteiger partial charge in [-0.1, -0.05) is 11.6 Å². The molecule has 0 saturated carbocycles. The normalized spacial score (nSPS) is 17.6. The maximum atomic E-state index is 6.16. The smallest absolute Gasteiger partial charge is 0.232 e. The lowest BCUT2D eigenvalue weighted by atomic mass is 10.0. The van der Waals surface area contributed by atoms with Gasteiger partial charge in [0.05, 0.1) is 12.8 Å². The molecule has 8 heteroatoms. The summed E-state index contributed by atoms with van der Waals surface area (Å²) in [6.45, 7) is 3.68. The van der Waals surface area contributed by atoms with Crippen LogP contribution in [0.4, 0.5) is 11.8 Å². The Morgan fingerprint density at radius 3 is 3.08 bits per heavy atom. The Hall–Kier alpha value is -1.86. The van der Waals surface area contributed by atoms with Crippen molar-refractivity contribution >= 4 is 40.7 Å². The second-order valence-corrected chi connectivity index (χ2v) is 6.59. The third-order valence-electron chi connectivity index (χ3n) is 4.01. The molecule has 0 radical (unpaired) electrons. The van der Waals surface area contributed by atoms with E-state index in [1.54, 1.807) is 12.3 Å². The molecule has 0 aliphatic carbocycles. The van der Waals surface area contributed by atoms with E-state index in [1.165, 1.54) is 6.42 Å². The van der Waals surface area contributed by atoms with E-state index in [0.29, 0.717) is 28.8 Å². The van der Waals surface area contributed by atoms with E-state index >= 15 is 0 Å². The Morgan fingerprint density at radius 1 is 1.46 bits per heavy atom. The average Bonchev–Trinajstić information content (AvgIpc) is 3.06. The predicted molar refractivity (Wildman–Crippen MR) is 99.5 cm³/mol. The highest BCUT2D eigenvalue weighted by atomic mass is 35.5. The van der Waals surface area contributed by atoms with E-state index in [4.69, 9.17) is 28.2 Å². The molecule has 0 amide bonds. The summed E-state index contributed by atoms with van der Waals surface area (Å²) in [5.41, 5.74) is 0. The van der Waals surface area contributed by atoms with E-state index in [0.717, 1.165) is 31.0 Å². The Labute approximate surface area is 151 Å². The summed E-state index contributed by atoms with van der Waals surface area (Å²) >= 11 is 11.4. The molecule has 2 aromatic heterocycles. The van der Waals surface area contributed by atoms with Gasteiger partial charge < -0.3 is 20.0 Å². The molecule has 128 valence electrons. The van der Waals surface area contributed by atoms with Crippen molar-refractivity contribution in [1.82, 2.24) is 15.3 Å². The van der Waals surface area contributed by atoms with Crippen LogP contribution in [0.5, 0.6) is 0 Å². The predicted octanol–water partition coefficient (Wildman–Crippen LogP) is 3.59. The Balaban J connectivity index is 1.65. The highest BCUT2D eigenvalue weighted by Crippen LogP contribution is 2.25. The fourth-order valence-corrected chi connectivity index (χ4v) is 3.11. The monoisotopic (exact) mass is 365 g/mol. The number of piperidine rings is 1. The Bertz CT molecular complexity index is 694. The van der Waals surface area contributed by atoms with Crippen LogP contribution in [0.1, 0.15) is 31.9 Å². The first-order valence-electron chi connectivity index (χ1n) is 8.00. The molecule has 0 aromatic carbocycles. The van der Waals surface area contributed by atoms with Crippen molar-refractivity contribution in [1.29, 1.82) is 0 Å². The van der Waals surface area contributed by atoms with Gasteiger partial charge in [-0.3, -0.25) is 0 Å². The first kappa shape index (κ1) is 17.0. The van der Waals surface area contributed by atoms with E-state index in [1.807, 2.05) is 12.1 Å². The van der Waals surface area contributed by atoms with Gasteiger partial charge in [0.25, 0.3) is 0 Å². The van der Waals surface area contributed by atoms with Crippen LogP contribution >= 0.6 is 23.8 Å². The minimum absolute atomic E-state index is 0.396. The number of furan rings is 1. The highest BCUT2D eigenvalue weighted by molar-refractivity contribution is 7.80. The summed E-state index contributed by atoms with van der Waals surface area (Å²) < 4.78 is 5.25. The van der Waals surface area contributed by atoms with Crippen LogP contribution in [0.25, 0.3) is 0 Å². The molecule has 1 aliphatic heterocycles. The van der Waals surface area contributed by atoms with Gasteiger partial charge in [0.15, 0.2) is 5.11 Å². The standard InChI is InChI=1S/C16H20ClN5OS/c1-11-5-2-3-7-22(11)14-9-13(17)19-15(20-14)21-16(24)18-10-12-6-4-8-23-12/h4,6,8-9,11H,2-3,5,7,10H2,1H3,(H2,18,19,20,21,24). The van der Waals surface area contributed by atoms with Crippen LogP contribution in [0.15, 0.2) is 28.9 Å². The number of rotatable bonds is 4. The quantitative estimate of drug-likeness (QED) is 0.634. The number of hydrogen-bond donors (Lipinski definition) is 2. The van der Waals surface area contributed by atoms with Crippen LogP contribution in [-0.2, 0) is 6.54 Å². The fraction of sp³-hybridized carbons (Fsp3) is 0.438. The first-order valence-corrected chi connectivity index (χ1v) is 8.79. The molecule has 2 aromatic rings. The van der Waals surface area contributed by atoms with Gasteiger partial charge in [-0.05, 0) is 50.5 Å². The third kappa shape index (κ3) is 4.36. The average molecular weight is 366 g/mol. The van der Waals surface area contributed by atoms with Crippen molar-refractivity contribution in [2.45, 2.75) is 38.8 Å². The van der Waals surface area contributed by atoms with E-state index in [9.17, 15) is 0 Å². The van der Waals surface area contributed by atoms with Crippen molar-refractivity contribution in [3.8, 4) is 0 Å². The van der Waals surface area contributed by atoms with E-state index < -0.39 is 0 Å². The van der Waals surface area contributed by atoms with Crippen LogP contribution in [0.3, 0.4) is 0 Å². The first-order chi connectivity index (χ1) is 11.6. The van der Waals surface area contributed by atoms with Crippen molar-refractivity contribution in [2.24, 2.45) is 0 Å². The molecule has 6 nitrogen and oxygen atoms in total. The minimum atomic E-state index is 0.396. The lowest BCUT2D eigenvalue weighted by molar-refractivity contribution is 0.481. The second kappa shape index (κ2) is 7.81. The van der Waals surface area contributed by atoms with Crippen molar-refractivity contribution in [2.75, 3.05) is 16.8 Å². The molecule has 1 unspecified atom stereocenters. The van der Waals surface area contributed by atoms with Crippen molar-refractivity contribution in [3.05, 3.63) is 35.4 Å². The van der Waals surface area contributed by atoms with Gasteiger partial charge in [-0.2, -0.15) is 4.98 Å². The number of halogens is 1. The number of anilines is 2. The summed E-state index contributed by atoms with van der Waals surface area (Å²) in [6, 6.07) is 5.95. The molecular formula is C16H20ClN5OS. The van der Waals surface area contributed by atoms with Crippen LogP contribution in [-0.4, -0.2) is 27.7 Å². The van der Waals surface area contributed by atoms with Crippen molar-refractivity contribution < 1.29 is 4.42 Å². The minimum Gasteiger partial charge on any atom is -0.467 e. The zero-order valence-electron chi connectivity index (χ0n) is 13.5. The van der Waals surface area contributed by atoms with Gasteiger partial charge in [0.2, 0.25) is 5.95 Å². The maximum Gasteiger partial charge on any atom is 0.232 e. The molecule has 0 spiro atoms. The van der Waals surface area contributed by atoms with Crippen LogP contribution < -0.4 is 15.5 Å². The van der Waals surface area contributed by atoms with Gasteiger partial charge in [-0.25, -0.2) is 4.98 Å². The molecule has 3 rings (SSSR count). The van der Waals surface area contributed by atoms with Crippen LogP contribution in [0.2, 0.25) is 5.15 Å². The lowest BCUT2D eigenvalue weighted by Crippen LogP contribution is -2.38. The van der Waals surface area contributed by atoms with Gasteiger partial charge >= 0.3 is 0 Å². The number of nitrogens with one attached hydrogen (secondary N) is 2. The molecule has 1 atom stereocenters. The molecule has 24 heavy (non-hydrogen) atoms. The van der Waals surface area contributed by atoms with Gasteiger partial charge in [-0.15, -0.1) is 0 Å². The van der Waals surface area contributed by atoms with E-state index in [2.05, 4.69) is 32.4 Å². The molecule has 0 bridgehead atoms. The fourth-order valence-electron chi connectivity index (χ4n) is 2.77. The van der Waals surface area contributed by atoms with E-state index in [-0.39, 0.29) is 0 Å². The van der Waals surface area contributed by atoms with Gasteiger partial charge in [0.1, 0.15) is 16.7 Å². The Morgan fingerprint density at radius 2 is 2.33 bits per heavy atom. The summed E-state index contributed by atoms with van der Waals surface area (Å²) in [7, 11) is 0. The van der Waals surface area contributed by atoms with Gasteiger partial charge in [0, 0.05) is 18.7 Å². The molecule has 1 saturated heterocycles. The number of thiocarbonyl (C=S) groups is 1. The molecule has 3 heterocycles. The zero-order valence-corrected chi connectivity index (χ0v) is 15.0. The summed E-state index contributed by atoms with van der Waals surface area (Å²) in [5.74, 6) is 2.03. The lowest BCUT2D eigenvalue weighted by Gasteiger charge is -2.34. The van der Waals surface area contributed by atoms with Crippen LogP contribution in [0, 0.1) is 0 Å². The SMILES string of the molecule is CC1CCCCN1c1cc(Cl)nc(NC(=S)NCc2ccco2)n1. The topological polar surface area (TPSA) is 66.2 Å². The van der Waals surface area contributed by atoms with Crippen molar-refractivity contribution in [3.63, 3.8) is 0 Å². The highest BCUT2D eigenvalue weighted by Gasteiger charge is 2.21. The second-order valence-electron chi connectivity index (χ2n) is 5.80.